The van der Waals surface area contributed by atoms with E-state index in [1.54, 1.807) is 4.90 Å². The van der Waals surface area contributed by atoms with Gasteiger partial charge in [0.05, 0.1) is 0 Å². The second kappa shape index (κ2) is 8.44. The summed E-state index contributed by atoms with van der Waals surface area (Å²) in [6.45, 7) is 1.57. The number of likely N-dealkylation sites (tertiary alicyclic amines) is 1. The number of aromatic nitrogens is 3. The van der Waals surface area contributed by atoms with E-state index in [4.69, 9.17) is 4.52 Å². The van der Waals surface area contributed by atoms with Crippen LogP contribution >= 0.6 is 0 Å². The monoisotopic (exact) mass is 413 g/mol. The second-order valence-corrected chi connectivity index (χ2v) is 7.08. The fraction of sp³-hybridized carbons (Fsp3) is 0.350. The van der Waals surface area contributed by atoms with Crippen molar-refractivity contribution in [2.45, 2.75) is 25.8 Å². The molecule has 0 aliphatic carbocycles. The third-order valence-electron chi connectivity index (χ3n) is 4.99. The quantitative estimate of drug-likeness (QED) is 0.585. The summed E-state index contributed by atoms with van der Waals surface area (Å²) in [6, 6.07) is 5.49. The summed E-state index contributed by atoms with van der Waals surface area (Å²) in [5, 5.41) is 6.75. The van der Waals surface area contributed by atoms with E-state index in [-0.39, 0.29) is 35.2 Å². The lowest BCUT2D eigenvalue weighted by atomic mass is 10.1. The minimum absolute atomic E-state index is 0.0475. The van der Waals surface area contributed by atoms with Gasteiger partial charge in [-0.3, -0.25) is 19.0 Å². The molecule has 4 rings (SSSR count). The Bertz CT molecular complexity index is 1140. The van der Waals surface area contributed by atoms with Gasteiger partial charge >= 0.3 is 0 Å². The summed E-state index contributed by atoms with van der Waals surface area (Å²) in [6.07, 6.45) is 3.34. The number of rotatable bonds is 7. The molecule has 1 aliphatic rings. The zero-order chi connectivity index (χ0) is 21.1. The fourth-order valence-corrected chi connectivity index (χ4v) is 3.45. The number of carbonyl (C=O) groups is 2. The van der Waals surface area contributed by atoms with Gasteiger partial charge in [-0.2, -0.15) is 0 Å². The highest BCUT2D eigenvalue weighted by atomic mass is 19.1. The average molecular weight is 413 g/mol. The lowest BCUT2D eigenvalue weighted by Crippen LogP contribution is -2.34. The highest BCUT2D eigenvalue weighted by Crippen LogP contribution is 2.24. The van der Waals surface area contributed by atoms with Gasteiger partial charge in [-0.05, 0) is 37.1 Å². The van der Waals surface area contributed by atoms with Gasteiger partial charge < -0.3 is 14.7 Å². The molecule has 0 atom stereocenters. The molecule has 0 bridgehead atoms. The van der Waals surface area contributed by atoms with Gasteiger partial charge in [-0.15, -0.1) is 0 Å². The first kappa shape index (κ1) is 19.7. The largest absolute Gasteiger partial charge is 0.354 e. The maximum atomic E-state index is 13.2. The first-order valence-corrected chi connectivity index (χ1v) is 9.68. The highest BCUT2D eigenvalue weighted by Gasteiger charge is 2.20. The van der Waals surface area contributed by atoms with Crippen molar-refractivity contribution in [3.8, 4) is 11.3 Å². The van der Waals surface area contributed by atoms with E-state index in [0.29, 0.717) is 31.5 Å². The lowest BCUT2D eigenvalue weighted by molar-refractivity contribution is -0.127. The SMILES string of the molecule is O=C(Cn1cnc2onc(-c3ccc(F)cc3)c2c1=O)NCCCN1CCCC1=O. The van der Waals surface area contributed by atoms with Gasteiger partial charge in [0, 0.05) is 31.6 Å². The molecule has 3 heterocycles. The van der Waals surface area contributed by atoms with Gasteiger partial charge in [0.25, 0.3) is 11.3 Å². The Kier molecular flexibility index (Phi) is 5.55. The zero-order valence-corrected chi connectivity index (χ0v) is 16.1. The fourth-order valence-electron chi connectivity index (χ4n) is 3.45. The first-order chi connectivity index (χ1) is 14.5. The van der Waals surface area contributed by atoms with Crippen LogP contribution in [-0.4, -0.2) is 51.1 Å². The second-order valence-electron chi connectivity index (χ2n) is 7.08. The molecule has 0 radical (unpaired) electrons. The van der Waals surface area contributed by atoms with Gasteiger partial charge in [0.2, 0.25) is 11.8 Å². The molecule has 0 spiro atoms. The summed E-state index contributed by atoms with van der Waals surface area (Å²) in [4.78, 5) is 42.5. The molecule has 156 valence electrons. The third-order valence-corrected chi connectivity index (χ3v) is 4.99. The minimum Gasteiger partial charge on any atom is -0.354 e. The van der Waals surface area contributed by atoms with E-state index >= 15 is 0 Å². The smallest absolute Gasteiger partial charge is 0.267 e. The van der Waals surface area contributed by atoms with Crippen molar-refractivity contribution in [1.82, 2.24) is 24.9 Å². The number of hydrogen-bond donors (Lipinski definition) is 1. The summed E-state index contributed by atoms with van der Waals surface area (Å²) in [5.74, 6) is -0.600. The van der Waals surface area contributed by atoms with Crippen LogP contribution in [0.1, 0.15) is 19.3 Å². The van der Waals surface area contributed by atoms with Crippen LogP contribution < -0.4 is 10.9 Å². The highest BCUT2D eigenvalue weighted by molar-refractivity contribution is 5.88. The van der Waals surface area contributed by atoms with Crippen LogP contribution in [0.2, 0.25) is 0 Å². The number of benzene rings is 1. The molecule has 0 saturated carbocycles. The van der Waals surface area contributed by atoms with Crippen LogP contribution in [-0.2, 0) is 16.1 Å². The van der Waals surface area contributed by atoms with Crippen LogP contribution in [0.3, 0.4) is 0 Å². The predicted molar refractivity (Wildman–Crippen MR) is 105 cm³/mol. The number of amides is 2. The topological polar surface area (TPSA) is 110 Å². The molecule has 1 saturated heterocycles. The third kappa shape index (κ3) is 4.07. The van der Waals surface area contributed by atoms with E-state index in [2.05, 4.69) is 15.5 Å². The summed E-state index contributed by atoms with van der Waals surface area (Å²) in [7, 11) is 0. The van der Waals surface area contributed by atoms with Crippen molar-refractivity contribution in [2.24, 2.45) is 0 Å². The molecule has 30 heavy (non-hydrogen) atoms. The molecule has 3 aromatic rings. The number of nitrogens with zero attached hydrogens (tertiary/aromatic N) is 4. The first-order valence-electron chi connectivity index (χ1n) is 9.68. The zero-order valence-electron chi connectivity index (χ0n) is 16.1. The van der Waals surface area contributed by atoms with Gasteiger partial charge in [0.15, 0.2) is 0 Å². The lowest BCUT2D eigenvalue weighted by Gasteiger charge is -2.15. The van der Waals surface area contributed by atoms with E-state index in [1.807, 2.05) is 0 Å². The van der Waals surface area contributed by atoms with Crippen LogP contribution in [0.15, 0.2) is 39.9 Å². The molecule has 1 aromatic carbocycles. The number of carbonyl (C=O) groups excluding carboxylic acids is 2. The molecule has 1 N–H and O–H groups in total. The molecule has 0 unspecified atom stereocenters. The maximum Gasteiger partial charge on any atom is 0.267 e. The van der Waals surface area contributed by atoms with Crippen molar-refractivity contribution in [1.29, 1.82) is 0 Å². The summed E-state index contributed by atoms with van der Waals surface area (Å²) in [5.41, 5.74) is 0.324. The average Bonchev–Trinajstić information content (AvgIpc) is 3.35. The Morgan fingerprint density at radius 2 is 2.03 bits per heavy atom. The van der Waals surface area contributed by atoms with Crippen LogP contribution in [0, 0.1) is 5.82 Å². The van der Waals surface area contributed by atoms with Gasteiger partial charge in [-0.25, -0.2) is 9.37 Å². The molecule has 10 heteroatoms. The molecule has 2 amide bonds. The Hall–Kier alpha value is -3.56. The van der Waals surface area contributed by atoms with Crippen molar-refractivity contribution in [3.63, 3.8) is 0 Å². The maximum absolute atomic E-state index is 13.2. The number of hydrogen-bond acceptors (Lipinski definition) is 6. The van der Waals surface area contributed by atoms with Crippen LogP contribution in [0.5, 0.6) is 0 Å². The molecule has 1 fully saturated rings. The summed E-state index contributed by atoms with van der Waals surface area (Å²) >= 11 is 0. The standard InChI is InChI=1S/C20H20FN5O4/c21-14-6-4-13(5-7-14)18-17-19(30-24-18)23-12-26(20(17)29)11-15(27)22-8-2-10-25-9-1-3-16(25)28/h4-7,12H,1-3,8-11H2,(H,22,27). The molecule has 2 aromatic heterocycles. The predicted octanol–water partition coefficient (Wildman–Crippen LogP) is 1.32. The molecule has 9 nitrogen and oxygen atoms in total. The number of halogens is 1. The summed E-state index contributed by atoms with van der Waals surface area (Å²) < 4.78 is 19.5. The van der Waals surface area contributed by atoms with E-state index in [0.717, 1.165) is 13.0 Å². The molecular weight excluding hydrogens is 393 g/mol. The Balaban J connectivity index is 1.42. The Morgan fingerprint density at radius 3 is 2.77 bits per heavy atom. The molecular formula is C20H20FN5O4. The van der Waals surface area contributed by atoms with Crippen LogP contribution in [0.25, 0.3) is 22.4 Å². The van der Waals surface area contributed by atoms with Crippen molar-refractivity contribution >= 4 is 22.9 Å². The van der Waals surface area contributed by atoms with E-state index < -0.39 is 11.4 Å². The van der Waals surface area contributed by atoms with Crippen molar-refractivity contribution in [3.05, 3.63) is 46.8 Å². The Labute approximate surface area is 170 Å². The normalized spacial score (nSPS) is 13.9. The van der Waals surface area contributed by atoms with Crippen LogP contribution in [0.4, 0.5) is 4.39 Å². The van der Waals surface area contributed by atoms with Gasteiger partial charge in [-0.1, -0.05) is 5.16 Å². The minimum atomic E-state index is -0.474. The van der Waals surface area contributed by atoms with Gasteiger partial charge in [0.1, 0.15) is 29.8 Å². The molecule has 1 aliphatic heterocycles. The van der Waals surface area contributed by atoms with E-state index in [1.165, 1.54) is 35.2 Å². The number of nitrogens with one attached hydrogen (secondary N) is 1. The Morgan fingerprint density at radius 1 is 1.23 bits per heavy atom. The number of fused-ring (bicyclic) bond motifs is 1. The van der Waals surface area contributed by atoms with Crippen molar-refractivity contribution < 1.29 is 18.5 Å². The van der Waals surface area contributed by atoms with Crippen molar-refractivity contribution in [2.75, 3.05) is 19.6 Å². The van der Waals surface area contributed by atoms with E-state index in [9.17, 15) is 18.8 Å².